The maximum atomic E-state index is 12.9. The maximum Gasteiger partial charge on any atom is 0.419 e. The molecule has 1 atom stereocenters. The summed E-state index contributed by atoms with van der Waals surface area (Å²) in [4.78, 5) is 37.9. The first kappa shape index (κ1) is 25.8. The summed E-state index contributed by atoms with van der Waals surface area (Å²) in [5.41, 5.74) is 2.56. The van der Waals surface area contributed by atoms with Crippen molar-refractivity contribution in [3.05, 3.63) is 71.4 Å². The maximum absolute atomic E-state index is 12.9. The number of aromatic nitrogens is 1. The average molecular weight is 481 g/mol. The second kappa shape index (κ2) is 11.1. The molecule has 2 aromatic carbocycles. The molecule has 0 radical (unpaired) electrons. The number of hydrogen-bond donors (Lipinski definition) is 1. The van der Waals surface area contributed by atoms with Gasteiger partial charge in [0, 0.05) is 18.0 Å². The van der Waals surface area contributed by atoms with Crippen LogP contribution in [-0.4, -0.2) is 41.5 Å². The lowest BCUT2D eigenvalue weighted by Crippen LogP contribution is -2.43. The van der Waals surface area contributed by atoms with Gasteiger partial charge in [-0.05, 0) is 49.9 Å². The van der Waals surface area contributed by atoms with Crippen molar-refractivity contribution in [1.29, 1.82) is 0 Å². The summed E-state index contributed by atoms with van der Waals surface area (Å²) in [5.74, 6) is -0.620. The molecule has 0 saturated heterocycles. The number of nitrogens with one attached hydrogen (secondary N) is 1. The first-order valence-corrected chi connectivity index (χ1v) is 11.5. The van der Waals surface area contributed by atoms with Gasteiger partial charge in [0.05, 0.1) is 12.6 Å². The minimum absolute atomic E-state index is 0.0678. The molecule has 0 spiro atoms. The van der Waals surface area contributed by atoms with Gasteiger partial charge in [-0.15, -0.1) is 0 Å². The average Bonchev–Trinajstić information content (AvgIpc) is 3.19. The van der Waals surface area contributed by atoms with Crippen LogP contribution in [0.5, 0.6) is 0 Å². The number of hydrogen-bond acceptors (Lipinski definition) is 6. The summed E-state index contributed by atoms with van der Waals surface area (Å²) < 4.78 is 17.2. The van der Waals surface area contributed by atoms with Gasteiger partial charge < -0.3 is 19.5 Å². The second-order valence-electron chi connectivity index (χ2n) is 9.20. The molecule has 1 amide bonds. The quantitative estimate of drug-likeness (QED) is 0.378. The van der Waals surface area contributed by atoms with Gasteiger partial charge in [-0.2, -0.15) is 0 Å². The molecule has 186 valence electrons. The van der Waals surface area contributed by atoms with E-state index in [1.807, 2.05) is 55.5 Å². The Hall–Kier alpha value is -3.81. The number of rotatable bonds is 7. The van der Waals surface area contributed by atoms with E-state index in [1.54, 1.807) is 27.0 Å². The van der Waals surface area contributed by atoms with E-state index in [0.29, 0.717) is 11.1 Å². The number of ether oxygens (including phenoxy) is 3. The topological polar surface area (TPSA) is 95.9 Å². The van der Waals surface area contributed by atoms with Gasteiger partial charge >= 0.3 is 18.2 Å². The zero-order valence-electron chi connectivity index (χ0n) is 20.8. The number of aryl methyl sites for hydroxylation is 1. The summed E-state index contributed by atoms with van der Waals surface area (Å²) in [6.07, 6.45) is 1.28. The number of fused-ring (bicyclic) bond motifs is 1. The second-order valence-corrected chi connectivity index (χ2v) is 9.20. The van der Waals surface area contributed by atoms with Crippen LogP contribution in [0.4, 0.5) is 9.59 Å². The van der Waals surface area contributed by atoms with Gasteiger partial charge in [0.15, 0.2) is 0 Å². The fourth-order valence-electron chi connectivity index (χ4n) is 3.65. The van der Waals surface area contributed by atoms with Crippen molar-refractivity contribution >= 4 is 29.1 Å². The number of amides is 1. The van der Waals surface area contributed by atoms with Gasteiger partial charge in [-0.3, -0.25) is 4.57 Å². The molecule has 3 aromatic rings. The van der Waals surface area contributed by atoms with E-state index in [0.717, 1.165) is 22.9 Å². The number of benzene rings is 2. The Bertz CT molecular complexity index is 1190. The highest BCUT2D eigenvalue weighted by atomic mass is 16.6. The molecule has 1 aromatic heterocycles. The normalized spacial score (nSPS) is 12.1. The molecule has 0 saturated carbocycles. The van der Waals surface area contributed by atoms with E-state index in [4.69, 9.17) is 14.2 Å². The molecule has 1 heterocycles. The van der Waals surface area contributed by atoms with Crippen LogP contribution in [0.2, 0.25) is 0 Å². The Balaban J connectivity index is 1.86. The third kappa shape index (κ3) is 6.85. The van der Waals surface area contributed by atoms with Crippen molar-refractivity contribution in [2.45, 2.75) is 58.8 Å². The lowest BCUT2D eigenvalue weighted by atomic mass is 10.0. The third-order valence-corrected chi connectivity index (χ3v) is 5.37. The van der Waals surface area contributed by atoms with Crippen LogP contribution in [0.1, 0.15) is 44.4 Å². The van der Waals surface area contributed by atoms with E-state index in [1.165, 1.54) is 11.7 Å². The first-order valence-electron chi connectivity index (χ1n) is 11.5. The molecule has 8 nitrogen and oxygen atoms in total. The van der Waals surface area contributed by atoms with Crippen LogP contribution < -0.4 is 5.32 Å². The monoisotopic (exact) mass is 480 g/mol. The lowest BCUT2D eigenvalue weighted by molar-refractivity contribution is -0.143. The molecule has 0 aliphatic carbocycles. The van der Waals surface area contributed by atoms with Crippen molar-refractivity contribution in [1.82, 2.24) is 9.88 Å². The van der Waals surface area contributed by atoms with Crippen molar-refractivity contribution in [2.24, 2.45) is 0 Å². The van der Waals surface area contributed by atoms with E-state index in [-0.39, 0.29) is 13.0 Å². The van der Waals surface area contributed by atoms with Gasteiger partial charge in [0.25, 0.3) is 0 Å². The van der Waals surface area contributed by atoms with Crippen LogP contribution in [0.15, 0.2) is 54.7 Å². The highest BCUT2D eigenvalue weighted by Crippen LogP contribution is 2.26. The predicted molar refractivity (Wildman–Crippen MR) is 132 cm³/mol. The van der Waals surface area contributed by atoms with E-state index in [2.05, 4.69) is 5.32 Å². The highest BCUT2D eigenvalue weighted by molar-refractivity contribution is 5.93. The summed E-state index contributed by atoms with van der Waals surface area (Å²) in [6, 6.07) is 14.0. The number of esters is 1. The van der Waals surface area contributed by atoms with Crippen LogP contribution in [0, 0.1) is 0 Å². The van der Waals surface area contributed by atoms with Gasteiger partial charge in [-0.1, -0.05) is 49.4 Å². The molecule has 3 rings (SSSR count). The fourth-order valence-corrected chi connectivity index (χ4v) is 3.65. The van der Waals surface area contributed by atoms with Crippen LogP contribution in [0.3, 0.4) is 0 Å². The summed E-state index contributed by atoms with van der Waals surface area (Å²) in [6.45, 7) is 7.49. The fraction of sp³-hybridized carbons (Fsp3) is 0.370. The SMILES string of the molecule is CCc1ccc2c(C[C@H](NC(=O)OCc3ccccc3)C(=O)OC)cn(C(=O)OC(C)(C)C)c2c1. The van der Waals surface area contributed by atoms with Crippen molar-refractivity contribution in [2.75, 3.05) is 7.11 Å². The van der Waals surface area contributed by atoms with Crippen molar-refractivity contribution in [3.8, 4) is 0 Å². The summed E-state index contributed by atoms with van der Waals surface area (Å²) in [5, 5.41) is 3.37. The molecule has 0 fully saturated rings. The minimum atomic E-state index is -1.01. The van der Waals surface area contributed by atoms with Gasteiger partial charge in [-0.25, -0.2) is 14.4 Å². The first-order chi connectivity index (χ1) is 16.6. The molecule has 8 heteroatoms. The Kier molecular flexibility index (Phi) is 8.17. The Labute approximate surface area is 205 Å². The summed E-state index contributed by atoms with van der Waals surface area (Å²) >= 11 is 0. The Morgan fingerprint density at radius 1 is 1.03 bits per heavy atom. The zero-order chi connectivity index (χ0) is 25.6. The molecule has 1 N–H and O–H groups in total. The molecule has 0 bridgehead atoms. The van der Waals surface area contributed by atoms with Gasteiger partial charge in [0.1, 0.15) is 18.2 Å². The van der Waals surface area contributed by atoms with Crippen LogP contribution in [0.25, 0.3) is 10.9 Å². The number of carbonyl (C=O) groups is 3. The lowest BCUT2D eigenvalue weighted by Gasteiger charge is -2.19. The number of carbonyl (C=O) groups excluding carboxylic acids is 3. The van der Waals surface area contributed by atoms with Crippen LogP contribution >= 0.6 is 0 Å². The van der Waals surface area contributed by atoms with E-state index < -0.39 is 29.8 Å². The van der Waals surface area contributed by atoms with E-state index in [9.17, 15) is 14.4 Å². The summed E-state index contributed by atoms with van der Waals surface area (Å²) in [7, 11) is 1.25. The Morgan fingerprint density at radius 3 is 2.37 bits per heavy atom. The molecular formula is C27H32N2O6. The van der Waals surface area contributed by atoms with Crippen molar-refractivity contribution in [3.63, 3.8) is 0 Å². The highest BCUT2D eigenvalue weighted by Gasteiger charge is 2.26. The van der Waals surface area contributed by atoms with E-state index >= 15 is 0 Å². The predicted octanol–water partition coefficient (Wildman–Crippen LogP) is 5.00. The Morgan fingerprint density at radius 2 is 1.74 bits per heavy atom. The minimum Gasteiger partial charge on any atom is -0.467 e. The third-order valence-electron chi connectivity index (χ3n) is 5.37. The number of nitrogens with zero attached hydrogens (tertiary/aromatic N) is 1. The smallest absolute Gasteiger partial charge is 0.419 e. The molecule has 0 unspecified atom stereocenters. The molecular weight excluding hydrogens is 448 g/mol. The van der Waals surface area contributed by atoms with Crippen LogP contribution in [-0.2, 0) is 38.5 Å². The molecule has 35 heavy (non-hydrogen) atoms. The zero-order valence-corrected chi connectivity index (χ0v) is 20.8. The van der Waals surface area contributed by atoms with Crippen molar-refractivity contribution < 1.29 is 28.6 Å². The van der Waals surface area contributed by atoms with Gasteiger partial charge in [0.2, 0.25) is 0 Å². The molecule has 0 aliphatic rings. The number of methoxy groups -OCH3 is 1. The number of alkyl carbamates (subject to hydrolysis) is 1. The molecule has 0 aliphatic heterocycles. The largest absolute Gasteiger partial charge is 0.467 e. The standard InChI is InChI=1S/C27H32N2O6/c1-6-18-12-13-21-20(16-29(23(21)14-18)26(32)35-27(2,3)4)15-22(24(30)33-5)28-25(31)34-17-19-10-8-7-9-11-19/h7-14,16,22H,6,15,17H2,1-5H3,(H,28,31)/t22-/m0/s1.